The summed E-state index contributed by atoms with van der Waals surface area (Å²) in [5.74, 6) is 0.301. The van der Waals surface area contributed by atoms with Gasteiger partial charge in [-0.15, -0.1) is 0 Å². The number of para-hydroxylation sites is 1. The number of ether oxygens (including phenoxy) is 2. The average Bonchev–Trinajstić information content (AvgIpc) is 3.35. The summed E-state index contributed by atoms with van der Waals surface area (Å²) in [6.07, 6.45) is 3.82. The van der Waals surface area contributed by atoms with Crippen LogP contribution >= 0.6 is 0 Å². The Kier molecular flexibility index (Phi) is 7.87. The van der Waals surface area contributed by atoms with Crippen molar-refractivity contribution >= 4 is 32.5 Å². The molecular formula is C38H40N6O5S. The van der Waals surface area contributed by atoms with Gasteiger partial charge in [0.2, 0.25) is 0 Å². The minimum Gasteiger partial charge on any atom is -0.497 e. The van der Waals surface area contributed by atoms with Crippen LogP contribution in [0.5, 0.6) is 11.5 Å². The Bertz CT molecular complexity index is 2140. The summed E-state index contributed by atoms with van der Waals surface area (Å²) >= 11 is 0. The zero-order valence-corrected chi connectivity index (χ0v) is 29.3. The molecule has 3 aromatic carbocycles. The van der Waals surface area contributed by atoms with E-state index >= 15 is 4.79 Å². The quantitative estimate of drug-likeness (QED) is 0.266. The van der Waals surface area contributed by atoms with Crippen LogP contribution in [0.1, 0.15) is 36.5 Å². The Morgan fingerprint density at radius 2 is 1.74 bits per heavy atom. The largest absolute Gasteiger partial charge is 0.497 e. The molecule has 1 unspecified atom stereocenters. The number of aromatic nitrogens is 1. The van der Waals surface area contributed by atoms with Gasteiger partial charge in [0.25, 0.3) is 15.9 Å². The van der Waals surface area contributed by atoms with Gasteiger partial charge < -0.3 is 14.4 Å². The van der Waals surface area contributed by atoms with E-state index in [0.717, 1.165) is 43.3 Å². The SMILES string of the molecule is CCOc1ccc(OC)cc1C1(N2CC3(CN(C4CCN(C)CC4)C3)C2)C(=O)N(S(=O)(=O)c2cccc3cccnc23)c2ccc(C#N)cc21. The van der Waals surface area contributed by atoms with Crippen molar-refractivity contribution in [3.05, 3.63) is 89.6 Å². The molecule has 0 N–H and O–H groups in total. The first-order chi connectivity index (χ1) is 24.1. The molecule has 0 aliphatic carbocycles. The van der Waals surface area contributed by atoms with Crippen molar-refractivity contribution < 1.29 is 22.7 Å². The van der Waals surface area contributed by atoms with Gasteiger partial charge in [0, 0.05) is 60.3 Å². The summed E-state index contributed by atoms with van der Waals surface area (Å²) < 4.78 is 42.6. The van der Waals surface area contributed by atoms with Gasteiger partial charge >= 0.3 is 0 Å². The molecule has 258 valence electrons. The molecule has 8 rings (SSSR count). The average molecular weight is 693 g/mol. The number of hydrogen-bond acceptors (Lipinski definition) is 10. The molecule has 0 saturated carbocycles. The van der Waals surface area contributed by atoms with E-state index in [9.17, 15) is 13.7 Å². The van der Waals surface area contributed by atoms with Crippen LogP contribution in [0, 0.1) is 16.7 Å². The topological polar surface area (TPSA) is 119 Å². The number of anilines is 1. The van der Waals surface area contributed by atoms with Crippen molar-refractivity contribution in [1.29, 1.82) is 5.26 Å². The van der Waals surface area contributed by atoms with Crippen molar-refractivity contribution in [1.82, 2.24) is 19.7 Å². The molecule has 3 fully saturated rings. The number of hydrogen-bond donors (Lipinski definition) is 0. The summed E-state index contributed by atoms with van der Waals surface area (Å²) in [7, 11) is -0.784. The number of piperidine rings is 1. The van der Waals surface area contributed by atoms with Crippen molar-refractivity contribution in [2.24, 2.45) is 5.41 Å². The Balaban J connectivity index is 1.28. The highest BCUT2D eigenvalue weighted by atomic mass is 32.2. The lowest BCUT2D eigenvalue weighted by Gasteiger charge is -2.65. The first-order valence-corrected chi connectivity index (χ1v) is 18.6. The van der Waals surface area contributed by atoms with Gasteiger partial charge in [0.15, 0.2) is 5.54 Å². The third-order valence-electron chi connectivity index (χ3n) is 11.0. The number of benzene rings is 3. The van der Waals surface area contributed by atoms with Gasteiger partial charge in [0.1, 0.15) is 16.4 Å². The maximum atomic E-state index is 15.6. The van der Waals surface area contributed by atoms with E-state index in [1.165, 1.54) is 6.07 Å². The molecule has 4 aromatic rings. The minimum atomic E-state index is -4.51. The fourth-order valence-electron chi connectivity index (χ4n) is 8.64. The van der Waals surface area contributed by atoms with Crippen LogP contribution in [0.2, 0.25) is 0 Å². The summed E-state index contributed by atoms with van der Waals surface area (Å²) in [5.41, 5.74) is 0.0585. The normalized spacial score (nSPS) is 22.6. The van der Waals surface area contributed by atoms with Crippen LogP contribution < -0.4 is 13.8 Å². The number of nitriles is 1. The number of carbonyl (C=O) groups is 1. The van der Waals surface area contributed by atoms with Gasteiger partial charge in [0.05, 0.1) is 36.6 Å². The second kappa shape index (κ2) is 12.1. The molecule has 4 aliphatic heterocycles. The molecule has 5 heterocycles. The molecule has 11 nitrogen and oxygen atoms in total. The molecule has 0 bridgehead atoms. The molecule has 1 spiro atoms. The van der Waals surface area contributed by atoms with Crippen molar-refractivity contribution in [2.75, 3.05) is 64.3 Å². The predicted molar refractivity (Wildman–Crippen MR) is 189 cm³/mol. The van der Waals surface area contributed by atoms with Gasteiger partial charge in [-0.3, -0.25) is 19.6 Å². The molecule has 50 heavy (non-hydrogen) atoms. The van der Waals surface area contributed by atoms with Crippen LogP contribution in [0.25, 0.3) is 10.9 Å². The highest BCUT2D eigenvalue weighted by molar-refractivity contribution is 7.93. The second-order valence-electron chi connectivity index (χ2n) is 14.1. The summed E-state index contributed by atoms with van der Waals surface area (Å²) in [5, 5.41) is 10.7. The summed E-state index contributed by atoms with van der Waals surface area (Å²) in [6, 6.07) is 21.4. The third-order valence-corrected chi connectivity index (χ3v) is 12.8. The van der Waals surface area contributed by atoms with Crippen molar-refractivity contribution in [3.63, 3.8) is 0 Å². The maximum absolute atomic E-state index is 15.6. The minimum absolute atomic E-state index is 0.0277. The lowest BCUT2D eigenvalue weighted by atomic mass is 9.67. The Morgan fingerprint density at radius 3 is 2.46 bits per heavy atom. The molecule has 1 aromatic heterocycles. The van der Waals surface area contributed by atoms with Gasteiger partial charge in [-0.2, -0.15) is 5.26 Å². The number of rotatable bonds is 8. The fraction of sp³-hybridized carbons (Fsp3) is 0.395. The van der Waals surface area contributed by atoms with E-state index < -0.39 is 21.5 Å². The number of amides is 1. The zero-order valence-electron chi connectivity index (χ0n) is 28.5. The van der Waals surface area contributed by atoms with E-state index in [0.29, 0.717) is 59.3 Å². The third kappa shape index (κ3) is 4.82. The Hall–Kier alpha value is -4.54. The van der Waals surface area contributed by atoms with Crippen molar-refractivity contribution in [3.8, 4) is 17.6 Å². The lowest BCUT2D eigenvalue weighted by molar-refractivity contribution is -0.169. The Labute approximate surface area is 292 Å². The maximum Gasteiger partial charge on any atom is 0.273 e. The molecule has 3 saturated heterocycles. The number of carbonyl (C=O) groups excluding carboxylic acids is 1. The van der Waals surface area contributed by atoms with Crippen LogP contribution in [0.15, 0.2) is 77.8 Å². The molecule has 1 atom stereocenters. The van der Waals surface area contributed by atoms with E-state index in [4.69, 9.17) is 9.47 Å². The number of fused-ring (bicyclic) bond motifs is 2. The second-order valence-corrected chi connectivity index (χ2v) is 15.8. The fourth-order valence-corrected chi connectivity index (χ4v) is 10.3. The van der Waals surface area contributed by atoms with Crippen LogP contribution in [-0.4, -0.2) is 100 Å². The summed E-state index contributed by atoms with van der Waals surface area (Å²) in [4.78, 5) is 27.0. The molecule has 4 aliphatic rings. The first kappa shape index (κ1) is 32.7. The number of likely N-dealkylation sites (tertiary alicyclic amines) is 3. The van der Waals surface area contributed by atoms with E-state index in [2.05, 4.69) is 32.8 Å². The van der Waals surface area contributed by atoms with Crippen LogP contribution in [0.4, 0.5) is 5.69 Å². The predicted octanol–water partition coefficient (Wildman–Crippen LogP) is 4.20. The van der Waals surface area contributed by atoms with Gasteiger partial charge in [-0.25, -0.2) is 12.7 Å². The van der Waals surface area contributed by atoms with Gasteiger partial charge in [-0.05, 0) is 88.4 Å². The van der Waals surface area contributed by atoms with E-state index in [-0.39, 0.29) is 21.5 Å². The number of pyridine rings is 1. The van der Waals surface area contributed by atoms with E-state index in [1.54, 1.807) is 74.0 Å². The van der Waals surface area contributed by atoms with Crippen LogP contribution in [0.3, 0.4) is 0 Å². The number of nitrogens with zero attached hydrogens (tertiary/aromatic N) is 6. The van der Waals surface area contributed by atoms with Gasteiger partial charge in [-0.1, -0.05) is 18.2 Å². The highest BCUT2D eigenvalue weighted by Crippen LogP contribution is 2.58. The Morgan fingerprint density at radius 1 is 0.980 bits per heavy atom. The molecular weight excluding hydrogens is 653 g/mol. The first-order valence-electron chi connectivity index (χ1n) is 17.1. The highest BCUT2D eigenvalue weighted by Gasteiger charge is 2.67. The molecule has 12 heteroatoms. The summed E-state index contributed by atoms with van der Waals surface area (Å²) in [6.45, 7) is 7.36. The number of methoxy groups -OCH3 is 1. The standard InChI is InChI=1S/C38H40N6O5S/c1-4-49-33-13-11-29(48-3)20-31(33)38(43-24-37(25-43)22-42(23-37)28-14-17-41(2)18-15-28)30-19-26(21-39)10-12-32(30)44(36(38)45)50(46,47)34-9-5-7-27-8-6-16-40-35(27)34/h5-13,16,19-20,28H,4,14-15,17-18,22-25H2,1-3H3. The number of sulfonamides is 1. The van der Waals surface area contributed by atoms with Crippen molar-refractivity contribution in [2.45, 2.75) is 36.2 Å². The van der Waals surface area contributed by atoms with Crippen LogP contribution in [-0.2, 0) is 20.4 Å². The monoisotopic (exact) mass is 692 g/mol. The zero-order chi connectivity index (χ0) is 34.8. The molecule has 0 radical (unpaired) electrons. The molecule has 1 amide bonds. The van der Waals surface area contributed by atoms with E-state index in [1.807, 2.05) is 6.92 Å². The lowest BCUT2D eigenvalue weighted by Crippen LogP contribution is -2.77. The smallest absolute Gasteiger partial charge is 0.273 e.